The zero-order valence-electron chi connectivity index (χ0n) is 15.1. The van der Waals surface area contributed by atoms with Crippen LogP contribution in [0.4, 0.5) is 0 Å². The average molecular weight is 350 g/mol. The van der Waals surface area contributed by atoms with Gasteiger partial charge >= 0.3 is 0 Å². The summed E-state index contributed by atoms with van der Waals surface area (Å²) in [5, 5.41) is 7.09. The predicted molar refractivity (Wildman–Crippen MR) is 99.8 cm³/mol. The van der Waals surface area contributed by atoms with Gasteiger partial charge in [0.15, 0.2) is 0 Å². The lowest BCUT2D eigenvalue weighted by Gasteiger charge is -2.10. The van der Waals surface area contributed by atoms with Crippen molar-refractivity contribution in [1.82, 2.24) is 20.1 Å². The Balaban J connectivity index is 1.64. The lowest BCUT2D eigenvalue weighted by Crippen LogP contribution is -2.22. The summed E-state index contributed by atoms with van der Waals surface area (Å²) in [5.41, 5.74) is 3.46. The SMILES string of the molecule is CC(C)Oc1ccc(C(=O)NCc2cncc(-c3ccnn3C)c2)cc1. The number of pyridine rings is 1. The van der Waals surface area contributed by atoms with Crippen molar-refractivity contribution in [3.8, 4) is 17.0 Å². The van der Waals surface area contributed by atoms with Crippen LogP contribution in [-0.4, -0.2) is 26.8 Å². The van der Waals surface area contributed by atoms with Gasteiger partial charge < -0.3 is 10.1 Å². The highest BCUT2D eigenvalue weighted by Crippen LogP contribution is 2.18. The summed E-state index contributed by atoms with van der Waals surface area (Å²) < 4.78 is 7.38. The summed E-state index contributed by atoms with van der Waals surface area (Å²) in [7, 11) is 1.89. The maximum atomic E-state index is 12.3. The van der Waals surface area contributed by atoms with Crippen molar-refractivity contribution in [1.29, 1.82) is 0 Å². The van der Waals surface area contributed by atoms with Crippen LogP contribution < -0.4 is 10.1 Å². The fourth-order valence-corrected chi connectivity index (χ4v) is 2.62. The average Bonchev–Trinajstić information content (AvgIpc) is 3.06. The van der Waals surface area contributed by atoms with Crippen molar-refractivity contribution in [3.05, 3.63) is 66.1 Å². The Morgan fingerprint density at radius 3 is 2.62 bits per heavy atom. The molecule has 0 aliphatic carbocycles. The third-order valence-electron chi connectivity index (χ3n) is 3.85. The molecule has 134 valence electrons. The van der Waals surface area contributed by atoms with E-state index in [-0.39, 0.29) is 12.0 Å². The number of ether oxygens (including phenoxy) is 1. The zero-order chi connectivity index (χ0) is 18.5. The Morgan fingerprint density at radius 2 is 1.96 bits per heavy atom. The number of benzene rings is 1. The molecular formula is C20H22N4O2. The minimum absolute atomic E-state index is 0.105. The largest absolute Gasteiger partial charge is 0.491 e. The standard InChI is InChI=1S/C20H22N4O2/c1-14(2)26-18-6-4-16(5-7-18)20(25)22-12-15-10-17(13-21-11-15)19-8-9-23-24(19)3/h4-11,13-14H,12H2,1-3H3,(H,22,25). The van der Waals surface area contributed by atoms with E-state index in [1.165, 1.54) is 0 Å². The molecule has 0 unspecified atom stereocenters. The van der Waals surface area contributed by atoms with E-state index in [0.717, 1.165) is 22.6 Å². The van der Waals surface area contributed by atoms with Gasteiger partial charge in [-0.15, -0.1) is 0 Å². The first-order chi connectivity index (χ1) is 12.5. The second-order valence-electron chi connectivity index (χ2n) is 6.30. The number of carbonyl (C=O) groups is 1. The molecule has 6 heteroatoms. The lowest BCUT2D eigenvalue weighted by atomic mass is 10.1. The van der Waals surface area contributed by atoms with Gasteiger partial charge in [-0.1, -0.05) is 0 Å². The smallest absolute Gasteiger partial charge is 0.251 e. The van der Waals surface area contributed by atoms with E-state index < -0.39 is 0 Å². The molecular weight excluding hydrogens is 328 g/mol. The Labute approximate surface area is 152 Å². The Kier molecular flexibility index (Phi) is 5.31. The molecule has 2 aromatic heterocycles. The van der Waals surface area contributed by atoms with Crippen molar-refractivity contribution >= 4 is 5.91 Å². The highest BCUT2D eigenvalue weighted by molar-refractivity contribution is 5.94. The third kappa shape index (κ3) is 4.27. The Bertz CT molecular complexity index is 885. The molecule has 1 aromatic carbocycles. The number of rotatable bonds is 6. The van der Waals surface area contributed by atoms with Gasteiger partial charge in [0.25, 0.3) is 5.91 Å². The van der Waals surface area contributed by atoms with Gasteiger partial charge in [0, 0.05) is 43.3 Å². The van der Waals surface area contributed by atoms with Crippen molar-refractivity contribution < 1.29 is 9.53 Å². The van der Waals surface area contributed by atoms with E-state index in [9.17, 15) is 4.79 Å². The fraction of sp³-hybridized carbons (Fsp3) is 0.250. The number of hydrogen-bond acceptors (Lipinski definition) is 4. The number of hydrogen-bond donors (Lipinski definition) is 1. The minimum atomic E-state index is -0.132. The maximum Gasteiger partial charge on any atom is 0.251 e. The van der Waals surface area contributed by atoms with Crippen LogP contribution in [0, 0.1) is 0 Å². The quantitative estimate of drug-likeness (QED) is 0.741. The van der Waals surface area contributed by atoms with Gasteiger partial charge in [-0.3, -0.25) is 14.5 Å². The molecule has 3 aromatic rings. The van der Waals surface area contributed by atoms with Crippen LogP contribution in [-0.2, 0) is 13.6 Å². The lowest BCUT2D eigenvalue weighted by molar-refractivity contribution is 0.0951. The molecule has 0 spiro atoms. The summed E-state index contributed by atoms with van der Waals surface area (Å²) in [6.07, 6.45) is 5.39. The van der Waals surface area contributed by atoms with Crippen LogP contribution >= 0.6 is 0 Å². The molecule has 0 aliphatic rings. The van der Waals surface area contributed by atoms with Crippen LogP contribution in [0.1, 0.15) is 29.8 Å². The molecule has 0 bridgehead atoms. The van der Waals surface area contributed by atoms with Gasteiger partial charge in [-0.25, -0.2) is 0 Å². The van der Waals surface area contributed by atoms with Gasteiger partial charge in [0.05, 0.1) is 11.8 Å². The zero-order valence-corrected chi connectivity index (χ0v) is 15.1. The normalized spacial score (nSPS) is 10.8. The molecule has 0 atom stereocenters. The van der Waals surface area contributed by atoms with E-state index in [2.05, 4.69) is 15.4 Å². The number of amides is 1. The van der Waals surface area contributed by atoms with E-state index in [0.29, 0.717) is 12.1 Å². The Hall–Kier alpha value is -3.15. The predicted octanol–water partition coefficient (Wildman–Crippen LogP) is 3.20. The molecule has 0 aliphatic heterocycles. The number of nitrogens with zero attached hydrogens (tertiary/aromatic N) is 3. The number of nitrogens with one attached hydrogen (secondary N) is 1. The van der Waals surface area contributed by atoms with Gasteiger partial charge in [-0.05, 0) is 55.8 Å². The second-order valence-corrected chi connectivity index (χ2v) is 6.30. The minimum Gasteiger partial charge on any atom is -0.491 e. The van der Waals surface area contributed by atoms with Crippen LogP contribution in [0.3, 0.4) is 0 Å². The van der Waals surface area contributed by atoms with Crippen molar-refractivity contribution in [2.45, 2.75) is 26.5 Å². The molecule has 1 amide bonds. The first kappa shape index (κ1) is 17.7. The number of carbonyl (C=O) groups excluding carboxylic acids is 1. The van der Waals surface area contributed by atoms with Crippen molar-refractivity contribution in [3.63, 3.8) is 0 Å². The summed E-state index contributed by atoms with van der Waals surface area (Å²) in [5.74, 6) is 0.622. The second kappa shape index (κ2) is 7.82. The molecule has 3 rings (SSSR count). The molecule has 0 saturated heterocycles. The Morgan fingerprint density at radius 1 is 1.19 bits per heavy atom. The van der Waals surface area contributed by atoms with Crippen LogP contribution in [0.15, 0.2) is 55.0 Å². The third-order valence-corrected chi connectivity index (χ3v) is 3.85. The summed E-state index contributed by atoms with van der Waals surface area (Å²) >= 11 is 0. The van der Waals surface area contributed by atoms with Gasteiger partial charge in [0.1, 0.15) is 5.75 Å². The fourth-order valence-electron chi connectivity index (χ4n) is 2.62. The molecule has 26 heavy (non-hydrogen) atoms. The van der Waals surface area contributed by atoms with E-state index >= 15 is 0 Å². The van der Waals surface area contributed by atoms with Crippen molar-refractivity contribution in [2.24, 2.45) is 7.05 Å². The molecule has 1 N–H and O–H groups in total. The topological polar surface area (TPSA) is 69.0 Å². The van der Waals surface area contributed by atoms with Gasteiger partial charge in [0.2, 0.25) is 0 Å². The monoisotopic (exact) mass is 350 g/mol. The van der Waals surface area contributed by atoms with Crippen molar-refractivity contribution in [2.75, 3.05) is 0 Å². The van der Waals surface area contributed by atoms with E-state index in [4.69, 9.17) is 4.74 Å². The van der Waals surface area contributed by atoms with E-state index in [1.807, 2.05) is 33.0 Å². The molecule has 0 fully saturated rings. The molecule has 0 saturated carbocycles. The number of aryl methyl sites for hydroxylation is 1. The summed E-state index contributed by atoms with van der Waals surface area (Å²) in [4.78, 5) is 16.6. The molecule has 6 nitrogen and oxygen atoms in total. The van der Waals surface area contributed by atoms with Crippen LogP contribution in [0.25, 0.3) is 11.3 Å². The first-order valence-corrected chi connectivity index (χ1v) is 8.50. The van der Waals surface area contributed by atoms with Crippen LogP contribution in [0.2, 0.25) is 0 Å². The summed E-state index contributed by atoms with van der Waals surface area (Å²) in [6, 6.07) is 11.1. The van der Waals surface area contributed by atoms with E-state index in [1.54, 1.807) is 47.5 Å². The first-order valence-electron chi connectivity index (χ1n) is 8.50. The van der Waals surface area contributed by atoms with Crippen LogP contribution in [0.5, 0.6) is 5.75 Å². The highest BCUT2D eigenvalue weighted by Gasteiger charge is 2.08. The molecule has 2 heterocycles. The summed E-state index contributed by atoms with van der Waals surface area (Å²) in [6.45, 7) is 4.34. The number of aromatic nitrogens is 3. The maximum absolute atomic E-state index is 12.3. The van der Waals surface area contributed by atoms with Gasteiger partial charge in [-0.2, -0.15) is 5.10 Å². The highest BCUT2D eigenvalue weighted by atomic mass is 16.5. The molecule has 0 radical (unpaired) electrons.